The molecule has 0 spiro atoms. The Bertz CT molecular complexity index is 603. The summed E-state index contributed by atoms with van der Waals surface area (Å²) in [5.74, 6) is 2.17. The molecular weight excluding hydrogens is 288 g/mol. The second-order valence-corrected chi connectivity index (χ2v) is 7.50. The van der Waals surface area contributed by atoms with E-state index in [1.165, 1.54) is 5.57 Å². The molecule has 2 aliphatic carbocycles. The van der Waals surface area contributed by atoms with E-state index in [1.807, 2.05) is 37.3 Å². The lowest BCUT2D eigenvalue weighted by Crippen LogP contribution is -2.29. The van der Waals surface area contributed by atoms with E-state index in [2.05, 4.69) is 26.8 Å². The van der Waals surface area contributed by atoms with Crippen molar-refractivity contribution in [1.82, 2.24) is 0 Å². The zero-order valence-corrected chi connectivity index (χ0v) is 14.4. The minimum Gasteiger partial charge on any atom is -0.482 e. The topological polar surface area (TPSA) is 35.5 Å². The van der Waals surface area contributed by atoms with Gasteiger partial charge in [0.25, 0.3) is 0 Å². The number of rotatable bonds is 5. The third-order valence-electron chi connectivity index (χ3n) is 5.66. The number of carbonyl (C=O) groups excluding carboxylic acids is 1. The molecule has 0 radical (unpaired) electrons. The van der Waals surface area contributed by atoms with Crippen molar-refractivity contribution < 1.29 is 14.3 Å². The summed E-state index contributed by atoms with van der Waals surface area (Å²) >= 11 is 0. The van der Waals surface area contributed by atoms with Gasteiger partial charge in [-0.2, -0.15) is 0 Å². The van der Waals surface area contributed by atoms with Crippen molar-refractivity contribution in [2.75, 3.05) is 6.61 Å². The highest BCUT2D eigenvalue weighted by Crippen LogP contribution is 2.64. The number of allylic oxidation sites excluding steroid dienone is 1. The molecule has 0 N–H and O–H groups in total. The van der Waals surface area contributed by atoms with Gasteiger partial charge in [-0.25, -0.2) is 4.79 Å². The molecule has 0 heterocycles. The second kappa shape index (κ2) is 6.03. The molecule has 124 valence electrons. The van der Waals surface area contributed by atoms with Crippen molar-refractivity contribution in [1.29, 1.82) is 0 Å². The molecule has 0 saturated heterocycles. The summed E-state index contributed by atoms with van der Waals surface area (Å²) < 4.78 is 11.1. The highest BCUT2D eigenvalue weighted by molar-refractivity contribution is 5.71. The lowest BCUT2D eigenvalue weighted by Gasteiger charge is -2.27. The van der Waals surface area contributed by atoms with E-state index in [9.17, 15) is 4.79 Å². The molecule has 0 bridgehead atoms. The van der Waals surface area contributed by atoms with Gasteiger partial charge in [0.05, 0.1) is 0 Å². The smallest absolute Gasteiger partial charge is 0.344 e. The van der Waals surface area contributed by atoms with Crippen LogP contribution in [0.5, 0.6) is 5.75 Å². The quantitative estimate of drug-likeness (QED) is 0.602. The molecule has 3 rings (SSSR count). The third kappa shape index (κ3) is 3.29. The standard InChI is InChI=1S/C20H26O3/c1-13-10-17-18(20(17,3)4)11-16(13)14(2)23-19(21)12-22-15-8-6-5-7-9-15/h5-10,14,16-18H,11-12H2,1-4H3/t14?,16-,17?,18?/m1/s1. The van der Waals surface area contributed by atoms with E-state index in [1.54, 1.807) is 0 Å². The highest BCUT2D eigenvalue weighted by Gasteiger charge is 2.58. The molecule has 1 aromatic carbocycles. The largest absolute Gasteiger partial charge is 0.482 e. The summed E-state index contributed by atoms with van der Waals surface area (Å²) in [6, 6.07) is 9.35. The molecule has 3 unspecified atom stereocenters. The summed E-state index contributed by atoms with van der Waals surface area (Å²) in [6.45, 7) is 8.79. The average Bonchev–Trinajstić information content (AvgIpc) is 3.05. The fraction of sp³-hybridized carbons (Fsp3) is 0.550. The van der Waals surface area contributed by atoms with Crippen LogP contribution in [0.3, 0.4) is 0 Å². The maximum Gasteiger partial charge on any atom is 0.344 e. The first-order valence-corrected chi connectivity index (χ1v) is 8.45. The minimum absolute atomic E-state index is 0.0403. The molecule has 23 heavy (non-hydrogen) atoms. The van der Waals surface area contributed by atoms with Gasteiger partial charge < -0.3 is 9.47 Å². The SMILES string of the molecule is CC1=CC2C(C[C@H]1C(C)OC(=O)COc1ccccc1)C2(C)C. The Hall–Kier alpha value is -1.77. The lowest BCUT2D eigenvalue weighted by atomic mass is 9.85. The van der Waals surface area contributed by atoms with E-state index in [-0.39, 0.29) is 18.7 Å². The van der Waals surface area contributed by atoms with Gasteiger partial charge in [0.1, 0.15) is 11.9 Å². The van der Waals surface area contributed by atoms with Crippen molar-refractivity contribution in [3.8, 4) is 5.75 Å². The molecule has 3 heteroatoms. The molecule has 3 nitrogen and oxygen atoms in total. The van der Waals surface area contributed by atoms with Crippen LogP contribution in [0.1, 0.15) is 34.1 Å². The van der Waals surface area contributed by atoms with Gasteiger partial charge in [-0.1, -0.05) is 43.7 Å². The maximum atomic E-state index is 12.0. The summed E-state index contributed by atoms with van der Waals surface area (Å²) in [7, 11) is 0. The van der Waals surface area contributed by atoms with Crippen LogP contribution in [0.15, 0.2) is 42.0 Å². The van der Waals surface area contributed by atoms with Crippen LogP contribution < -0.4 is 4.74 Å². The monoisotopic (exact) mass is 314 g/mol. The fourth-order valence-electron chi connectivity index (χ4n) is 3.98. The van der Waals surface area contributed by atoms with E-state index in [4.69, 9.17) is 9.47 Å². The Balaban J connectivity index is 1.51. The Labute approximate surface area is 138 Å². The van der Waals surface area contributed by atoms with Gasteiger partial charge in [0.2, 0.25) is 0 Å². The predicted octanol–water partition coefficient (Wildman–Crippen LogP) is 4.24. The molecule has 0 aliphatic heterocycles. The first-order valence-electron chi connectivity index (χ1n) is 8.45. The molecule has 0 amide bonds. The van der Waals surface area contributed by atoms with Gasteiger partial charge in [-0.05, 0) is 49.7 Å². The summed E-state index contributed by atoms with van der Waals surface area (Å²) in [6.07, 6.45) is 3.41. The summed E-state index contributed by atoms with van der Waals surface area (Å²) in [5.41, 5.74) is 1.77. The van der Waals surface area contributed by atoms with Crippen LogP contribution in [-0.2, 0) is 9.53 Å². The molecule has 1 saturated carbocycles. The van der Waals surface area contributed by atoms with Crippen LogP contribution in [0.25, 0.3) is 0 Å². The van der Waals surface area contributed by atoms with Crippen LogP contribution >= 0.6 is 0 Å². The summed E-state index contributed by atoms with van der Waals surface area (Å²) in [4.78, 5) is 12.0. The van der Waals surface area contributed by atoms with E-state index in [0.29, 0.717) is 23.0 Å². The number of carbonyl (C=O) groups is 1. The zero-order chi connectivity index (χ0) is 16.6. The van der Waals surface area contributed by atoms with Crippen molar-refractivity contribution in [2.24, 2.45) is 23.2 Å². The highest BCUT2D eigenvalue weighted by atomic mass is 16.6. The van der Waals surface area contributed by atoms with E-state index in [0.717, 1.165) is 12.3 Å². The van der Waals surface area contributed by atoms with Crippen LogP contribution in [-0.4, -0.2) is 18.7 Å². The Morgan fingerprint density at radius 1 is 1.30 bits per heavy atom. The normalized spacial score (nSPS) is 29.0. The zero-order valence-electron chi connectivity index (χ0n) is 14.4. The average molecular weight is 314 g/mol. The van der Waals surface area contributed by atoms with E-state index >= 15 is 0 Å². The van der Waals surface area contributed by atoms with Crippen LogP contribution in [0, 0.1) is 23.2 Å². The molecule has 1 aromatic rings. The Morgan fingerprint density at radius 2 is 2.00 bits per heavy atom. The lowest BCUT2D eigenvalue weighted by molar-refractivity contribution is -0.152. The fourth-order valence-corrected chi connectivity index (χ4v) is 3.98. The first-order chi connectivity index (χ1) is 10.9. The number of hydrogen-bond donors (Lipinski definition) is 0. The Kier molecular flexibility index (Phi) is 4.22. The van der Waals surface area contributed by atoms with Gasteiger partial charge in [0, 0.05) is 5.92 Å². The number of hydrogen-bond acceptors (Lipinski definition) is 3. The van der Waals surface area contributed by atoms with E-state index < -0.39 is 0 Å². The Morgan fingerprint density at radius 3 is 2.70 bits per heavy atom. The molecular formula is C20H26O3. The van der Waals surface area contributed by atoms with Gasteiger partial charge in [-0.15, -0.1) is 0 Å². The number of para-hydroxylation sites is 1. The first kappa shape index (κ1) is 16.1. The van der Waals surface area contributed by atoms with Crippen molar-refractivity contribution in [3.63, 3.8) is 0 Å². The molecule has 4 atom stereocenters. The molecule has 0 aromatic heterocycles. The van der Waals surface area contributed by atoms with Crippen LogP contribution in [0.2, 0.25) is 0 Å². The molecule has 1 fully saturated rings. The van der Waals surface area contributed by atoms with Crippen molar-refractivity contribution >= 4 is 5.97 Å². The maximum absolute atomic E-state index is 12.0. The number of esters is 1. The third-order valence-corrected chi connectivity index (χ3v) is 5.66. The van der Waals surface area contributed by atoms with Gasteiger partial charge >= 0.3 is 5.97 Å². The van der Waals surface area contributed by atoms with Crippen molar-refractivity contribution in [2.45, 2.75) is 40.2 Å². The number of benzene rings is 1. The van der Waals surface area contributed by atoms with Gasteiger partial charge in [-0.3, -0.25) is 0 Å². The summed E-state index contributed by atoms with van der Waals surface area (Å²) in [5, 5.41) is 0. The van der Waals surface area contributed by atoms with Crippen LogP contribution in [0.4, 0.5) is 0 Å². The second-order valence-electron chi connectivity index (χ2n) is 7.50. The minimum atomic E-state index is -0.300. The predicted molar refractivity (Wildman–Crippen MR) is 90.1 cm³/mol. The number of fused-ring (bicyclic) bond motifs is 1. The van der Waals surface area contributed by atoms with Crippen molar-refractivity contribution in [3.05, 3.63) is 42.0 Å². The number of ether oxygens (including phenoxy) is 2. The molecule has 2 aliphatic rings. The van der Waals surface area contributed by atoms with Gasteiger partial charge in [0.15, 0.2) is 6.61 Å².